The van der Waals surface area contributed by atoms with Crippen LogP contribution in [0.2, 0.25) is 0 Å². The van der Waals surface area contributed by atoms with Crippen LogP contribution in [0.25, 0.3) is 0 Å². The molecule has 17 heavy (non-hydrogen) atoms. The van der Waals surface area contributed by atoms with Crippen LogP contribution < -0.4 is 5.32 Å². The maximum absolute atomic E-state index is 3.63. The van der Waals surface area contributed by atoms with Gasteiger partial charge in [0.1, 0.15) is 0 Å². The second-order valence-electron chi connectivity index (χ2n) is 4.67. The van der Waals surface area contributed by atoms with Gasteiger partial charge in [0.25, 0.3) is 0 Å². The molecule has 0 aliphatic carbocycles. The van der Waals surface area contributed by atoms with Crippen LogP contribution >= 0.6 is 11.8 Å². The number of aryl methyl sites for hydroxylation is 1. The molecule has 0 fully saturated rings. The highest BCUT2D eigenvalue weighted by atomic mass is 32.2. The molecule has 1 atom stereocenters. The van der Waals surface area contributed by atoms with E-state index in [2.05, 4.69) is 57.3 Å². The smallest absolute Gasteiger partial charge is 0.0191 e. The molecular formula is C15H25NS. The molecule has 0 saturated heterocycles. The van der Waals surface area contributed by atoms with Crippen LogP contribution in [0.1, 0.15) is 39.2 Å². The molecule has 0 amide bonds. The summed E-state index contributed by atoms with van der Waals surface area (Å²) in [6, 6.07) is 9.43. The maximum atomic E-state index is 3.63. The average molecular weight is 251 g/mol. The van der Waals surface area contributed by atoms with E-state index in [-0.39, 0.29) is 0 Å². The molecule has 1 N–H and O–H groups in total. The summed E-state index contributed by atoms with van der Waals surface area (Å²) in [4.78, 5) is 1.38. The van der Waals surface area contributed by atoms with Crippen LogP contribution in [-0.4, -0.2) is 17.8 Å². The number of hydrogen-bond acceptors (Lipinski definition) is 2. The van der Waals surface area contributed by atoms with Gasteiger partial charge in [0, 0.05) is 22.7 Å². The standard InChI is InChI=1S/C15H25NS/c1-5-14(6-2)16-11-13(4)17-15-9-7-8-12(3)10-15/h7-10,13-14,16H,5-6,11H2,1-4H3. The molecule has 0 radical (unpaired) electrons. The fourth-order valence-electron chi connectivity index (χ4n) is 1.87. The van der Waals surface area contributed by atoms with Gasteiger partial charge in [0.15, 0.2) is 0 Å². The van der Waals surface area contributed by atoms with Crippen LogP contribution in [0.5, 0.6) is 0 Å². The summed E-state index contributed by atoms with van der Waals surface area (Å²) in [5, 5.41) is 4.26. The molecule has 1 aromatic carbocycles. The van der Waals surface area contributed by atoms with Crippen LogP contribution in [0.15, 0.2) is 29.2 Å². The van der Waals surface area contributed by atoms with Crippen LogP contribution in [0.4, 0.5) is 0 Å². The van der Waals surface area contributed by atoms with Gasteiger partial charge in [-0.1, -0.05) is 38.5 Å². The van der Waals surface area contributed by atoms with E-state index in [1.54, 1.807) is 0 Å². The first-order valence-corrected chi connectivity index (χ1v) is 7.50. The van der Waals surface area contributed by atoms with Crippen molar-refractivity contribution in [2.75, 3.05) is 6.54 Å². The van der Waals surface area contributed by atoms with Crippen molar-refractivity contribution in [1.82, 2.24) is 5.32 Å². The first-order chi connectivity index (χ1) is 8.15. The molecule has 0 spiro atoms. The molecule has 0 aliphatic rings. The number of rotatable bonds is 7. The van der Waals surface area contributed by atoms with E-state index in [0.717, 1.165) is 6.54 Å². The molecular weight excluding hydrogens is 226 g/mol. The Labute approximate surface area is 110 Å². The minimum Gasteiger partial charge on any atom is -0.313 e. The predicted molar refractivity (Wildman–Crippen MR) is 78.9 cm³/mol. The Kier molecular flexibility index (Phi) is 6.68. The number of benzene rings is 1. The van der Waals surface area contributed by atoms with Crippen molar-refractivity contribution in [2.24, 2.45) is 0 Å². The van der Waals surface area contributed by atoms with Crippen molar-refractivity contribution in [3.8, 4) is 0 Å². The Bertz CT molecular complexity index is 320. The van der Waals surface area contributed by atoms with Gasteiger partial charge in [-0.2, -0.15) is 0 Å². The van der Waals surface area contributed by atoms with Gasteiger partial charge in [-0.25, -0.2) is 0 Å². The number of nitrogens with one attached hydrogen (secondary N) is 1. The van der Waals surface area contributed by atoms with Crippen LogP contribution in [0.3, 0.4) is 0 Å². The topological polar surface area (TPSA) is 12.0 Å². The Morgan fingerprint density at radius 2 is 1.94 bits per heavy atom. The summed E-state index contributed by atoms with van der Waals surface area (Å²) in [5.41, 5.74) is 1.34. The average Bonchev–Trinajstić information content (AvgIpc) is 2.30. The molecule has 1 aromatic rings. The van der Waals surface area contributed by atoms with E-state index in [0.29, 0.717) is 11.3 Å². The van der Waals surface area contributed by atoms with Gasteiger partial charge in [0.05, 0.1) is 0 Å². The Hall–Kier alpha value is -0.470. The SMILES string of the molecule is CCC(CC)NCC(C)Sc1cccc(C)c1. The van der Waals surface area contributed by atoms with Crippen molar-refractivity contribution >= 4 is 11.8 Å². The normalized spacial score (nSPS) is 13.0. The lowest BCUT2D eigenvalue weighted by Crippen LogP contribution is -2.32. The molecule has 0 saturated carbocycles. The first kappa shape index (κ1) is 14.6. The maximum Gasteiger partial charge on any atom is 0.0191 e. The zero-order chi connectivity index (χ0) is 12.7. The highest BCUT2D eigenvalue weighted by Gasteiger charge is 2.07. The summed E-state index contributed by atoms with van der Waals surface area (Å²) in [6.07, 6.45) is 2.44. The van der Waals surface area contributed by atoms with E-state index < -0.39 is 0 Å². The largest absolute Gasteiger partial charge is 0.313 e. The third-order valence-corrected chi connectivity index (χ3v) is 4.10. The monoisotopic (exact) mass is 251 g/mol. The Balaban J connectivity index is 2.36. The highest BCUT2D eigenvalue weighted by molar-refractivity contribution is 8.00. The molecule has 96 valence electrons. The summed E-state index contributed by atoms with van der Waals surface area (Å²) in [7, 11) is 0. The van der Waals surface area contributed by atoms with Gasteiger partial charge >= 0.3 is 0 Å². The van der Waals surface area contributed by atoms with Crippen molar-refractivity contribution in [1.29, 1.82) is 0 Å². The second-order valence-corrected chi connectivity index (χ2v) is 6.18. The minimum absolute atomic E-state index is 0.623. The summed E-state index contributed by atoms with van der Waals surface area (Å²) < 4.78 is 0. The Morgan fingerprint density at radius 1 is 1.24 bits per heavy atom. The van der Waals surface area contributed by atoms with Crippen LogP contribution in [0, 0.1) is 6.92 Å². The van der Waals surface area contributed by atoms with Gasteiger partial charge in [-0.05, 0) is 31.9 Å². The lowest BCUT2D eigenvalue weighted by Gasteiger charge is -2.18. The lowest BCUT2D eigenvalue weighted by molar-refractivity contribution is 0.488. The van der Waals surface area contributed by atoms with E-state index >= 15 is 0 Å². The molecule has 1 unspecified atom stereocenters. The number of hydrogen-bond donors (Lipinski definition) is 1. The molecule has 0 heterocycles. The van der Waals surface area contributed by atoms with E-state index in [1.807, 2.05) is 11.8 Å². The van der Waals surface area contributed by atoms with Gasteiger partial charge in [-0.15, -0.1) is 11.8 Å². The summed E-state index contributed by atoms with van der Waals surface area (Å²) >= 11 is 1.96. The van der Waals surface area contributed by atoms with E-state index in [1.165, 1.54) is 23.3 Å². The summed E-state index contributed by atoms with van der Waals surface area (Å²) in [5.74, 6) is 0. The fraction of sp³-hybridized carbons (Fsp3) is 0.600. The molecule has 1 rings (SSSR count). The van der Waals surface area contributed by atoms with Gasteiger partial charge < -0.3 is 5.32 Å². The third-order valence-electron chi connectivity index (χ3n) is 3.01. The molecule has 0 aromatic heterocycles. The van der Waals surface area contributed by atoms with Crippen molar-refractivity contribution in [2.45, 2.75) is 56.7 Å². The van der Waals surface area contributed by atoms with E-state index in [4.69, 9.17) is 0 Å². The Morgan fingerprint density at radius 3 is 2.53 bits per heavy atom. The van der Waals surface area contributed by atoms with Crippen molar-refractivity contribution in [3.63, 3.8) is 0 Å². The minimum atomic E-state index is 0.623. The predicted octanol–water partition coefficient (Wildman–Crippen LogP) is 4.25. The van der Waals surface area contributed by atoms with Crippen LogP contribution in [-0.2, 0) is 0 Å². The second kappa shape index (κ2) is 7.78. The van der Waals surface area contributed by atoms with Gasteiger partial charge in [-0.3, -0.25) is 0 Å². The fourth-order valence-corrected chi connectivity index (χ4v) is 2.93. The number of thioether (sulfide) groups is 1. The van der Waals surface area contributed by atoms with Crippen molar-refractivity contribution in [3.05, 3.63) is 29.8 Å². The highest BCUT2D eigenvalue weighted by Crippen LogP contribution is 2.23. The first-order valence-electron chi connectivity index (χ1n) is 6.62. The molecule has 0 aliphatic heterocycles. The summed E-state index contributed by atoms with van der Waals surface area (Å²) in [6.45, 7) is 10.0. The third kappa shape index (κ3) is 5.60. The molecule has 1 nitrogen and oxygen atoms in total. The van der Waals surface area contributed by atoms with Gasteiger partial charge in [0.2, 0.25) is 0 Å². The van der Waals surface area contributed by atoms with Crippen molar-refractivity contribution < 1.29 is 0 Å². The zero-order valence-electron chi connectivity index (χ0n) is 11.5. The van der Waals surface area contributed by atoms with E-state index in [9.17, 15) is 0 Å². The zero-order valence-corrected chi connectivity index (χ0v) is 12.3. The molecule has 2 heteroatoms. The molecule has 0 bridgehead atoms. The lowest BCUT2D eigenvalue weighted by atomic mass is 10.2. The quantitative estimate of drug-likeness (QED) is 0.727.